The van der Waals surface area contributed by atoms with E-state index in [0.717, 1.165) is 60.1 Å². The summed E-state index contributed by atoms with van der Waals surface area (Å²) >= 11 is 0. The molecule has 10 rings (SSSR count). The molecule has 4 heterocycles. The Balaban J connectivity index is 0.000000177. The van der Waals surface area contributed by atoms with E-state index in [4.69, 9.17) is 18.9 Å². The Morgan fingerprint density at radius 2 is 1.23 bits per heavy atom. The smallest absolute Gasteiger partial charge is 0.280 e. The van der Waals surface area contributed by atoms with Crippen LogP contribution in [0.4, 0.5) is 11.4 Å². The number of hydrogen-bond donors (Lipinski definition) is 1. The molecule has 0 unspecified atom stereocenters. The molecule has 2 aliphatic heterocycles. The summed E-state index contributed by atoms with van der Waals surface area (Å²) in [6.07, 6.45) is 12.1. The molecule has 6 fully saturated rings. The first-order valence-corrected chi connectivity index (χ1v) is 21.7. The van der Waals surface area contributed by atoms with Gasteiger partial charge in [0, 0.05) is 53.6 Å². The lowest BCUT2D eigenvalue weighted by molar-refractivity contribution is -0.213. The van der Waals surface area contributed by atoms with Crippen LogP contribution in [0.1, 0.15) is 110 Å². The molecule has 0 radical (unpaired) electrons. The van der Waals surface area contributed by atoms with Crippen molar-refractivity contribution in [2.45, 2.75) is 105 Å². The summed E-state index contributed by atoms with van der Waals surface area (Å²) < 4.78 is 26.3. The molecular weight excluding hydrogens is 773 g/mol. The van der Waals surface area contributed by atoms with Crippen molar-refractivity contribution in [2.75, 3.05) is 43.7 Å². The molecule has 14 nitrogen and oxygen atoms in total. The lowest BCUT2D eigenvalue weighted by Gasteiger charge is -2.29. The molecule has 4 aliphatic carbocycles. The summed E-state index contributed by atoms with van der Waals surface area (Å²) in [5, 5.41) is 19.1. The standard InChI is InChI=1S/C23H26N4O3.C22H24N4O3.C2H6.H2/c1-16-3-4-18(8-7-17-5-6-17)11-20(16)26(2)22(28)19-12-27(25-24-19)13-21-29-14-23(9-10-23)15-30-21;1-15-10-17(5-4-16-2-3-16)6-7-18(15)23-21(27)19-11-26(25-24-19)12-20-28-13-22(8-9-22)14-29-20;1-2;/h3-4,11-12,17,21H,5-6,9-10,13-15H2,1-2H3;6-7,10-11,16,20H,2-3,8-9,12-14H2,1H3,(H,23,27);1-2H3;1H. The Labute approximate surface area is 359 Å². The number of aromatic nitrogens is 6. The van der Waals surface area contributed by atoms with E-state index in [9.17, 15) is 9.59 Å². The number of hydrogen-bond acceptors (Lipinski definition) is 10. The molecule has 4 saturated carbocycles. The number of aryl methyl sites for hydroxylation is 2. The number of nitrogens with zero attached hydrogens (tertiary/aromatic N) is 7. The summed E-state index contributed by atoms with van der Waals surface area (Å²) in [5.41, 5.74) is 6.52. The zero-order valence-corrected chi connectivity index (χ0v) is 35.9. The van der Waals surface area contributed by atoms with Crippen molar-refractivity contribution in [3.63, 3.8) is 0 Å². The monoisotopic (exact) mass is 830 g/mol. The van der Waals surface area contributed by atoms with Gasteiger partial charge in [0.05, 0.1) is 51.9 Å². The van der Waals surface area contributed by atoms with Crippen LogP contribution in [0.5, 0.6) is 0 Å². The molecule has 6 aliphatic rings. The molecule has 0 bridgehead atoms. The van der Waals surface area contributed by atoms with Crippen molar-refractivity contribution in [3.05, 3.63) is 82.4 Å². The highest BCUT2D eigenvalue weighted by molar-refractivity contribution is 6.04. The number of anilines is 2. The van der Waals surface area contributed by atoms with E-state index in [0.29, 0.717) is 30.6 Å². The van der Waals surface area contributed by atoms with Gasteiger partial charge in [0.2, 0.25) is 0 Å². The zero-order valence-electron chi connectivity index (χ0n) is 35.9. The molecule has 2 spiro atoms. The number of amides is 2. The first kappa shape index (κ1) is 42.3. The lowest BCUT2D eigenvalue weighted by atomic mass is 10.1. The minimum absolute atomic E-state index is 0. The van der Waals surface area contributed by atoms with E-state index in [-0.39, 0.29) is 42.3 Å². The molecule has 2 saturated heterocycles. The van der Waals surface area contributed by atoms with Crippen LogP contribution in [-0.4, -0.2) is 87.9 Å². The third-order valence-corrected chi connectivity index (χ3v) is 11.8. The third-order valence-electron chi connectivity index (χ3n) is 11.8. The molecule has 2 aromatic heterocycles. The van der Waals surface area contributed by atoms with E-state index >= 15 is 0 Å². The number of carbonyl (C=O) groups excluding carboxylic acids is 2. The van der Waals surface area contributed by atoms with Crippen molar-refractivity contribution in [2.24, 2.45) is 22.7 Å². The maximum absolute atomic E-state index is 13.0. The second-order valence-corrected chi connectivity index (χ2v) is 17.2. The van der Waals surface area contributed by atoms with Gasteiger partial charge in [0.25, 0.3) is 11.8 Å². The van der Waals surface area contributed by atoms with Crippen molar-refractivity contribution in [1.82, 2.24) is 30.0 Å². The van der Waals surface area contributed by atoms with Gasteiger partial charge in [-0.3, -0.25) is 9.59 Å². The number of benzene rings is 2. The Hall–Kier alpha value is -5.38. The molecular formula is C47H58N8O6. The average Bonchev–Trinajstić information content (AvgIpc) is 4.14. The van der Waals surface area contributed by atoms with Crippen LogP contribution < -0.4 is 10.2 Å². The predicted molar refractivity (Wildman–Crippen MR) is 230 cm³/mol. The quantitative estimate of drug-likeness (QED) is 0.188. The predicted octanol–water partition coefficient (Wildman–Crippen LogP) is 6.80. The van der Waals surface area contributed by atoms with Crippen molar-refractivity contribution < 1.29 is 30.0 Å². The second kappa shape index (κ2) is 18.3. The number of rotatable bonds is 8. The maximum atomic E-state index is 13.0. The van der Waals surface area contributed by atoms with Crippen molar-refractivity contribution in [1.29, 1.82) is 0 Å². The van der Waals surface area contributed by atoms with Gasteiger partial charge < -0.3 is 29.2 Å². The maximum Gasteiger partial charge on any atom is 0.280 e. The van der Waals surface area contributed by atoms with Gasteiger partial charge >= 0.3 is 0 Å². The number of ether oxygens (including phenoxy) is 4. The molecule has 2 amide bonds. The molecule has 61 heavy (non-hydrogen) atoms. The molecule has 1 N–H and O–H groups in total. The van der Waals surface area contributed by atoms with Gasteiger partial charge in [-0.25, -0.2) is 9.36 Å². The van der Waals surface area contributed by atoms with Crippen LogP contribution in [0.15, 0.2) is 48.8 Å². The lowest BCUT2D eigenvalue weighted by Crippen LogP contribution is -2.36. The van der Waals surface area contributed by atoms with Crippen LogP contribution in [0, 0.1) is 60.2 Å². The summed E-state index contributed by atoms with van der Waals surface area (Å²) in [7, 11) is 1.75. The topological polar surface area (TPSA) is 148 Å². The first-order valence-electron chi connectivity index (χ1n) is 21.7. The largest absolute Gasteiger partial charge is 0.350 e. The van der Waals surface area contributed by atoms with Gasteiger partial charge in [-0.15, -0.1) is 10.2 Å². The van der Waals surface area contributed by atoms with Gasteiger partial charge in [0.15, 0.2) is 24.0 Å². The van der Waals surface area contributed by atoms with E-state index in [1.54, 1.807) is 33.7 Å². The summed E-state index contributed by atoms with van der Waals surface area (Å²) in [5.74, 6) is 13.5. The van der Waals surface area contributed by atoms with Gasteiger partial charge in [-0.2, -0.15) is 0 Å². The van der Waals surface area contributed by atoms with Gasteiger partial charge in [-0.1, -0.05) is 54.0 Å². The minimum Gasteiger partial charge on any atom is -0.350 e. The fourth-order valence-electron chi connectivity index (χ4n) is 6.91. The van der Waals surface area contributed by atoms with Crippen LogP contribution in [0.25, 0.3) is 0 Å². The molecule has 2 aromatic carbocycles. The van der Waals surface area contributed by atoms with Crippen LogP contribution >= 0.6 is 0 Å². The highest BCUT2D eigenvalue weighted by Gasteiger charge is 2.48. The normalized spacial score (nSPS) is 20.4. The van der Waals surface area contributed by atoms with E-state index in [1.807, 2.05) is 64.1 Å². The van der Waals surface area contributed by atoms with Gasteiger partial charge in [0.1, 0.15) is 0 Å². The van der Waals surface area contributed by atoms with Crippen LogP contribution in [-0.2, 0) is 32.0 Å². The Morgan fingerprint density at radius 1 is 0.738 bits per heavy atom. The SMILES string of the molecule is CC.Cc1cc(C#CC2CC2)ccc1NC(=O)c1cn(CC2OCC3(CC3)CO2)nn1.Cc1ccc(C#CC2CC2)cc1N(C)C(=O)c1cn(CC2OCC3(CC3)CO2)nn1.[HH]. The molecule has 0 atom stereocenters. The second-order valence-electron chi connectivity index (χ2n) is 17.2. The van der Waals surface area contributed by atoms with Crippen LogP contribution in [0.3, 0.4) is 0 Å². The molecule has 14 heteroatoms. The molecule has 4 aromatic rings. The fraction of sp³-hybridized carbons (Fsp3) is 0.532. The Bertz CT molecular complexity index is 2340. The minimum atomic E-state index is -0.345. The number of nitrogens with one attached hydrogen (secondary N) is 1. The molecule has 322 valence electrons. The van der Waals surface area contributed by atoms with Crippen LogP contribution in [0.2, 0.25) is 0 Å². The van der Waals surface area contributed by atoms with E-state index < -0.39 is 0 Å². The highest BCUT2D eigenvalue weighted by atomic mass is 16.7. The highest BCUT2D eigenvalue weighted by Crippen LogP contribution is 2.49. The Kier molecular flexibility index (Phi) is 12.7. The third kappa shape index (κ3) is 11.1. The number of carbonyl (C=O) groups is 2. The van der Waals surface area contributed by atoms with E-state index in [2.05, 4.69) is 49.6 Å². The van der Waals surface area contributed by atoms with Crippen molar-refractivity contribution >= 4 is 23.2 Å². The summed E-state index contributed by atoms with van der Waals surface area (Å²) in [6, 6.07) is 11.8. The van der Waals surface area contributed by atoms with Crippen molar-refractivity contribution in [3.8, 4) is 23.7 Å². The zero-order chi connectivity index (χ0) is 42.6. The Morgan fingerprint density at radius 3 is 1.74 bits per heavy atom. The fourth-order valence-corrected chi connectivity index (χ4v) is 6.91. The van der Waals surface area contributed by atoms with E-state index in [1.165, 1.54) is 51.4 Å². The first-order chi connectivity index (χ1) is 29.6. The van der Waals surface area contributed by atoms with Gasteiger partial charge in [-0.05, 0) is 107 Å². The average molecular weight is 831 g/mol. The summed E-state index contributed by atoms with van der Waals surface area (Å²) in [6.45, 7) is 11.7. The summed E-state index contributed by atoms with van der Waals surface area (Å²) in [4.78, 5) is 27.2.